The van der Waals surface area contributed by atoms with Gasteiger partial charge in [-0.2, -0.15) is 0 Å². The number of hydrogen-bond acceptors (Lipinski definition) is 3. The molecule has 0 aromatic rings. The van der Waals surface area contributed by atoms with E-state index in [9.17, 15) is 0 Å². The quantitative estimate of drug-likeness (QED) is 0.441. The third-order valence-corrected chi connectivity index (χ3v) is 0.408. The third kappa shape index (κ3) is 77.5. The van der Waals surface area contributed by atoms with Crippen LogP contribution >= 0.6 is 0 Å². The molecule has 0 unspecified atom stereocenters. The molecule has 0 aliphatic rings. The average Bonchev–Trinajstić information content (AvgIpc) is 1.63. The summed E-state index contributed by atoms with van der Waals surface area (Å²) in [6, 6.07) is 0. The van der Waals surface area contributed by atoms with E-state index in [0.29, 0.717) is 0 Å². The van der Waals surface area contributed by atoms with Gasteiger partial charge >= 0.3 is 0 Å². The van der Waals surface area contributed by atoms with Crippen LogP contribution in [-0.2, 0) is 15.6 Å². The molecule has 0 saturated carbocycles. The van der Waals surface area contributed by atoms with E-state index in [1.807, 2.05) is 13.8 Å². The maximum atomic E-state index is 8.85. The zero-order valence-corrected chi connectivity index (χ0v) is 6.31. The Hall–Kier alpha value is -0.130. The van der Waals surface area contributed by atoms with Crippen molar-refractivity contribution in [3.05, 3.63) is 0 Å². The Labute approximate surface area is 57.7 Å². The molecule has 0 spiro atoms. The lowest BCUT2D eigenvalue weighted by Crippen LogP contribution is -1.84. The highest BCUT2D eigenvalue weighted by atomic mass is 32.2. The van der Waals surface area contributed by atoms with Crippen molar-refractivity contribution in [1.82, 2.24) is 0 Å². The van der Waals surface area contributed by atoms with E-state index < -0.39 is 10.9 Å². The summed E-state index contributed by atoms with van der Waals surface area (Å²) in [5.74, 6) is 0. The molecule has 4 nitrogen and oxygen atoms in total. The molecule has 0 rings (SSSR count). The second-order valence-corrected chi connectivity index (χ2v) is 1.43. The molecule has 0 amide bonds. The molecule has 0 heterocycles. The summed E-state index contributed by atoms with van der Waals surface area (Å²) in [5, 5.41) is 0. The summed E-state index contributed by atoms with van der Waals surface area (Å²) in [6.07, 6.45) is 0. The van der Waals surface area contributed by atoms with Crippen LogP contribution in [0.1, 0.15) is 13.8 Å². The number of rotatable bonds is 2. The molecule has 0 saturated heterocycles. The van der Waals surface area contributed by atoms with Gasteiger partial charge in [0.05, 0.1) is 0 Å². The van der Waals surface area contributed by atoms with Gasteiger partial charge in [-0.3, -0.25) is 4.55 Å². The highest BCUT2D eigenvalue weighted by molar-refractivity contribution is 7.66. The summed E-state index contributed by atoms with van der Waals surface area (Å²) < 4.78 is 35.2. The van der Waals surface area contributed by atoms with Crippen molar-refractivity contribution in [3.63, 3.8) is 0 Å². The Bertz CT molecular complexity index is 131. The molecule has 0 aliphatic heterocycles. The smallest absolute Gasteiger partial charge is 0.254 e. The predicted octanol–water partition coefficient (Wildman–Crippen LogP) is 0.114. The maximum Gasteiger partial charge on any atom is 0.254 e. The summed E-state index contributed by atoms with van der Waals surface area (Å²) in [5.41, 5.74) is 0. The third-order valence-electron chi connectivity index (χ3n) is 0.408. The summed E-state index contributed by atoms with van der Waals surface area (Å²) in [7, 11) is -4.42. The molecule has 58 valence electrons. The van der Waals surface area contributed by atoms with E-state index in [1.54, 1.807) is 0 Å². The van der Waals surface area contributed by atoms with Crippen LogP contribution in [0.3, 0.4) is 0 Å². The SMILES string of the molecule is CCOCC.[2H]S(=O)(=O)O. The highest BCUT2D eigenvalue weighted by Gasteiger charge is 1.64. The average molecular weight is 157 g/mol. The fraction of sp³-hybridized carbons (Fsp3) is 1.00. The lowest BCUT2D eigenvalue weighted by atomic mass is 10.8. The minimum absolute atomic E-state index is 0.844. The van der Waals surface area contributed by atoms with E-state index in [0.717, 1.165) is 13.2 Å². The van der Waals surface area contributed by atoms with Gasteiger partial charge in [-0.15, -0.1) is 0 Å². The molecule has 0 fully saturated rings. The molecule has 0 radical (unpaired) electrons. The molecular formula is C4H12O4S. The maximum absolute atomic E-state index is 8.85. The minimum atomic E-state index is -4.42. The second kappa shape index (κ2) is 10.8. The standard InChI is InChI=1S/C4H10O.H2O3S/c1-3-5-4-2;1-4(2)3/h3-4H2,1-2H3;4H,(H,1,2,3)/i;4D. The van der Waals surface area contributed by atoms with E-state index >= 15 is 0 Å². The van der Waals surface area contributed by atoms with E-state index in [4.69, 9.17) is 18.8 Å². The topological polar surface area (TPSA) is 63.6 Å². The molecule has 9 heavy (non-hydrogen) atoms. The molecule has 0 bridgehead atoms. The van der Waals surface area contributed by atoms with Crippen molar-refractivity contribution < 1.29 is 17.7 Å². The van der Waals surface area contributed by atoms with Gasteiger partial charge in [0.2, 0.25) is 1.12 Å². The van der Waals surface area contributed by atoms with Crippen molar-refractivity contribution in [2.45, 2.75) is 13.8 Å². The molecule has 0 aromatic carbocycles. The zero-order valence-electron chi connectivity index (χ0n) is 6.49. The Morgan fingerprint density at radius 2 is 1.78 bits per heavy atom. The lowest BCUT2D eigenvalue weighted by molar-refractivity contribution is 0.162. The normalized spacial score (nSPS) is 11.2. The van der Waals surface area contributed by atoms with Crippen molar-refractivity contribution in [2.75, 3.05) is 13.2 Å². The van der Waals surface area contributed by atoms with Crippen molar-refractivity contribution in [2.24, 2.45) is 0 Å². The van der Waals surface area contributed by atoms with Crippen LogP contribution in [0.2, 0.25) is 0 Å². The van der Waals surface area contributed by atoms with Gasteiger partial charge in [-0.25, -0.2) is 8.42 Å². The molecule has 0 aromatic heterocycles. The Morgan fingerprint density at radius 3 is 1.78 bits per heavy atom. The zero-order chi connectivity index (χ0) is 8.62. The van der Waals surface area contributed by atoms with E-state index in [1.165, 1.54) is 0 Å². The predicted molar refractivity (Wildman–Crippen MR) is 35.1 cm³/mol. The Balaban J connectivity index is 0. The van der Waals surface area contributed by atoms with Gasteiger partial charge in [0.1, 0.15) is 0 Å². The first kappa shape index (κ1) is 8.87. The second-order valence-electron chi connectivity index (χ2n) is 0.999. The van der Waals surface area contributed by atoms with Crippen LogP contribution in [0, 0.1) is 0 Å². The lowest BCUT2D eigenvalue weighted by Gasteiger charge is -1.86. The van der Waals surface area contributed by atoms with Crippen LogP contribution in [0.15, 0.2) is 0 Å². The molecule has 0 atom stereocenters. The Kier molecular flexibility index (Phi) is 10.6. The van der Waals surface area contributed by atoms with Crippen LogP contribution in [0.5, 0.6) is 0 Å². The van der Waals surface area contributed by atoms with Crippen molar-refractivity contribution in [1.29, 1.82) is 1.12 Å². The monoisotopic (exact) mass is 157 g/mol. The molecular weight excluding hydrogens is 144 g/mol. The van der Waals surface area contributed by atoms with Gasteiger partial charge in [0, 0.05) is 13.2 Å². The van der Waals surface area contributed by atoms with Crippen molar-refractivity contribution >= 4 is 10.9 Å². The van der Waals surface area contributed by atoms with Crippen molar-refractivity contribution in [3.8, 4) is 0 Å². The summed E-state index contributed by atoms with van der Waals surface area (Å²) in [4.78, 5) is 0. The Morgan fingerprint density at radius 1 is 1.56 bits per heavy atom. The van der Waals surface area contributed by atoms with Gasteiger partial charge in [-0.05, 0) is 13.8 Å². The van der Waals surface area contributed by atoms with E-state index in [2.05, 4.69) is 0 Å². The number of ether oxygens (including phenoxy) is 1. The first-order valence-corrected chi connectivity index (χ1v) is 3.54. The molecule has 1 N–H and O–H groups in total. The minimum Gasteiger partial charge on any atom is -0.382 e. The fourth-order valence-electron chi connectivity index (χ4n) is 0.204. The van der Waals surface area contributed by atoms with Crippen LogP contribution in [-0.4, -0.2) is 27.3 Å². The van der Waals surface area contributed by atoms with Crippen LogP contribution in [0.4, 0.5) is 0 Å². The largest absolute Gasteiger partial charge is 0.382 e. The number of thiol groups is 1. The van der Waals surface area contributed by atoms with Gasteiger partial charge < -0.3 is 4.74 Å². The first-order chi connectivity index (χ1) is 4.41. The molecule has 5 heteroatoms. The van der Waals surface area contributed by atoms with Gasteiger partial charge in [0.25, 0.3) is 10.9 Å². The van der Waals surface area contributed by atoms with Crippen LogP contribution < -0.4 is 0 Å². The van der Waals surface area contributed by atoms with Crippen LogP contribution in [0.25, 0.3) is 0 Å². The van der Waals surface area contributed by atoms with E-state index in [-0.39, 0.29) is 0 Å². The van der Waals surface area contributed by atoms with Gasteiger partial charge in [-0.1, -0.05) is 0 Å². The summed E-state index contributed by atoms with van der Waals surface area (Å²) >= 11 is 0. The molecule has 0 aliphatic carbocycles. The highest BCUT2D eigenvalue weighted by Crippen LogP contribution is 1.64. The number of hydrogen-bond donors (Lipinski definition) is 2. The summed E-state index contributed by atoms with van der Waals surface area (Å²) in [6.45, 7) is 5.67. The van der Waals surface area contributed by atoms with Gasteiger partial charge in [0.15, 0.2) is 0 Å². The fourth-order valence-corrected chi connectivity index (χ4v) is 0.204. The first-order valence-electron chi connectivity index (χ1n) is 2.92.